The van der Waals surface area contributed by atoms with Crippen molar-refractivity contribution in [2.45, 2.75) is 12.3 Å². The predicted octanol–water partition coefficient (Wildman–Crippen LogP) is 4.45. The summed E-state index contributed by atoms with van der Waals surface area (Å²) in [6, 6.07) is 13.8. The average molecular weight is 356 g/mol. The molecule has 0 saturated heterocycles. The van der Waals surface area contributed by atoms with Crippen LogP contribution in [-0.2, 0) is 4.79 Å². The van der Waals surface area contributed by atoms with E-state index in [0.717, 1.165) is 16.9 Å². The lowest BCUT2D eigenvalue weighted by Crippen LogP contribution is -2.16. The Morgan fingerprint density at radius 1 is 1.16 bits per heavy atom. The average Bonchev–Trinajstić information content (AvgIpc) is 3.14. The van der Waals surface area contributed by atoms with Gasteiger partial charge in [0.2, 0.25) is 5.91 Å². The first kappa shape index (κ1) is 17.1. The molecule has 1 aromatic heterocycles. The van der Waals surface area contributed by atoms with Gasteiger partial charge in [0.1, 0.15) is 11.6 Å². The Morgan fingerprint density at radius 2 is 1.80 bits per heavy atom. The first-order valence-corrected chi connectivity index (χ1v) is 8.62. The maximum Gasteiger partial charge on any atom is 0.227 e. The van der Waals surface area contributed by atoms with Gasteiger partial charge in [0.05, 0.1) is 7.11 Å². The van der Waals surface area contributed by atoms with E-state index >= 15 is 0 Å². The number of carbonyl (C=O) groups is 1. The van der Waals surface area contributed by atoms with Gasteiger partial charge in [-0.15, -0.1) is 11.3 Å². The summed E-state index contributed by atoms with van der Waals surface area (Å²) in [5, 5.41) is 5.16. The van der Waals surface area contributed by atoms with Crippen molar-refractivity contribution in [2.24, 2.45) is 0 Å². The number of nitrogens with zero attached hydrogens (tertiary/aromatic N) is 1. The van der Waals surface area contributed by atoms with Crippen LogP contribution in [0.25, 0.3) is 0 Å². The Morgan fingerprint density at radius 3 is 2.36 bits per heavy atom. The molecule has 0 aliphatic carbocycles. The molecular formula is C19H17FN2O2S. The smallest absolute Gasteiger partial charge is 0.227 e. The molecule has 0 fully saturated rings. The molecule has 3 rings (SSSR count). The van der Waals surface area contributed by atoms with Crippen LogP contribution < -0.4 is 10.1 Å². The van der Waals surface area contributed by atoms with Crippen LogP contribution in [0.4, 0.5) is 9.52 Å². The van der Waals surface area contributed by atoms with E-state index in [2.05, 4.69) is 10.3 Å². The molecule has 3 aromatic rings. The molecule has 0 bridgehead atoms. The zero-order valence-electron chi connectivity index (χ0n) is 13.6. The van der Waals surface area contributed by atoms with E-state index in [1.54, 1.807) is 30.8 Å². The minimum atomic E-state index is -0.301. The van der Waals surface area contributed by atoms with Crippen molar-refractivity contribution in [3.63, 3.8) is 0 Å². The van der Waals surface area contributed by atoms with E-state index in [1.165, 1.54) is 23.5 Å². The van der Waals surface area contributed by atoms with Crippen LogP contribution in [-0.4, -0.2) is 18.0 Å². The highest BCUT2D eigenvalue weighted by molar-refractivity contribution is 7.13. The number of anilines is 1. The molecule has 1 heterocycles. The number of nitrogens with one attached hydrogen (secondary N) is 1. The summed E-state index contributed by atoms with van der Waals surface area (Å²) in [5.74, 6) is 0.116. The fourth-order valence-electron chi connectivity index (χ4n) is 2.60. The van der Waals surface area contributed by atoms with Crippen molar-refractivity contribution in [1.29, 1.82) is 0 Å². The maximum absolute atomic E-state index is 13.3. The first-order valence-electron chi connectivity index (χ1n) is 7.74. The van der Waals surface area contributed by atoms with Crippen molar-refractivity contribution < 1.29 is 13.9 Å². The minimum Gasteiger partial charge on any atom is -0.497 e. The Bertz CT molecular complexity index is 818. The third-order valence-corrected chi connectivity index (χ3v) is 4.55. The van der Waals surface area contributed by atoms with Gasteiger partial charge in [-0.25, -0.2) is 9.37 Å². The fraction of sp³-hybridized carbons (Fsp3) is 0.158. The molecule has 0 saturated carbocycles. The molecule has 6 heteroatoms. The number of hydrogen-bond donors (Lipinski definition) is 1. The van der Waals surface area contributed by atoms with Gasteiger partial charge in [0.25, 0.3) is 0 Å². The largest absolute Gasteiger partial charge is 0.497 e. The predicted molar refractivity (Wildman–Crippen MR) is 96.6 cm³/mol. The number of aromatic nitrogens is 1. The van der Waals surface area contributed by atoms with Crippen molar-refractivity contribution in [3.8, 4) is 5.75 Å². The summed E-state index contributed by atoms with van der Waals surface area (Å²) < 4.78 is 18.4. The molecule has 1 atom stereocenters. The molecule has 0 aliphatic heterocycles. The molecule has 0 unspecified atom stereocenters. The number of ether oxygens (including phenoxy) is 1. The van der Waals surface area contributed by atoms with E-state index < -0.39 is 0 Å². The van der Waals surface area contributed by atoms with Crippen LogP contribution >= 0.6 is 11.3 Å². The molecule has 1 N–H and O–H groups in total. The number of amides is 1. The normalized spacial score (nSPS) is 11.8. The molecule has 4 nitrogen and oxygen atoms in total. The van der Waals surface area contributed by atoms with Crippen LogP contribution in [0.3, 0.4) is 0 Å². The van der Waals surface area contributed by atoms with Crippen LogP contribution in [0, 0.1) is 5.82 Å². The summed E-state index contributed by atoms with van der Waals surface area (Å²) in [4.78, 5) is 16.5. The van der Waals surface area contributed by atoms with E-state index in [4.69, 9.17) is 4.74 Å². The summed E-state index contributed by atoms with van der Waals surface area (Å²) in [5.41, 5.74) is 1.84. The van der Waals surface area contributed by atoms with Crippen molar-refractivity contribution in [3.05, 3.63) is 77.1 Å². The summed E-state index contributed by atoms with van der Waals surface area (Å²) in [7, 11) is 1.61. The third kappa shape index (κ3) is 4.42. The molecule has 25 heavy (non-hydrogen) atoms. The van der Waals surface area contributed by atoms with Gasteiger partial charge in [-0.2, -0.15) is 0 Å². The molecule has 0 aliphatic rings. The van der Waals surface area contributed by atoms with E-state index in [0.29, 0.717) is 5.13 Å². The Balaban J connectivity index is 1.85. The lowest BCUT2D eigenvalue weighted by atomic mass is 9.88. The molecule has 2 aromatic carbocycles. The number of rotatable bonds is 6. The number of carbonyl (C=O) groups excluding carboxylic acids is 1. The van der Waals surface area contributed by atoms with E-state index in [-0.39, 0.29) is 24.1 Å². The molecule has 0 spiro atoms. The number of benzene rings is 2. The summed E-state index contributed by atoms with van der Waals surface area (Å²) >= 11 is 1.37. The second-order valence-electron chi connectivity index (χ2n) is 5.47. The summed E-state index contributed by atoms with van der Waals surface area (Å²) in [6.45, 7) is 0. The van der Waals surface area contributed by atoms with Gasteiger partial charge < -0.3 is 10.1 Å². The van der Waals surface area contributed by atoms with Gasteiger partial charge in [-0.1, -0.05) is 24.3 Å². The monoisotopic (exact) mass is 356 g/mol. The molecule has 0 radical (unpaired) electrons. The topological polar surface area (TPSA) is 51.2 Å². The minimum absolute atomic E-state index is 0.139. The zero-order chi connectivity index (χ0) is 17.6. The quantitative estimate of drug-likeness (QED) is 0.710. The van der Waals surface area contributed by atoms with E-state index in [1.807, 2.05) is 24.3 Å². The van der Waals surface area contributed by atoms with Gasteiger partial charge in [-0.3, -0.25) is 4.79 Å². The molecule has 1 amide bonds. The number of hydrogen-bond acceptors (Lipinski definition) is 4. The highest BCUT2D eigenvalue weighted by atomic mass is 32.1. The SMILES string of the molecule is COc1ccc([C@@H](CC(=O)Nc2nccs2)c2ccc(F)cc2)cc1. The highest BCUT2D eigenvalue weighted by Gasteiger charge is 2.19. The summed E-state index contributed by atoms with van der Waals surface area (Å²) in [6.07, 6.45) is 1.87. The van der Waals surface area contributed by atoms with Crippen molar-refractivity contribution >= 4 is 22.4 Å². The zero-order valence-corrected chi connectivity index (χ0v) is 14.4. The fourth-order valence-corrected chi connectivity index (χ4v) is 3.15. The number of thiazole rings is 1. The van der Waals surface area contributed by atoms with Crippen LogP contribution in [0.5, 0.6) is 5.75 Å². The first-order chi connectivity index (χ1) is 12.2. The van der Waals surface area contributed by atoms with Gasteiger partial charge in [0.15, 0.2) is 5.13 Å². The maximum atomic E-state index is 13.3. The Kier molecular flexibility index (Phi) is 5.40. The lowest BCUT2D eigenvalue weighted by molar-refractivity contribution is -0.116. The number of methoxy groups -OCH3 is 1. The highest BCUT2D eigenvalue weighted by Crippen LogP contribution is 2.30. The standard InChI is InChI=1S/C19H17FN2O2S/c1-24-16-8-4-14(5-9-16)17(13-2-6-15(20)7-3-13)12-18(23)22-19-21-10-11-25-19/h2-11,17H,12H2,1H3,(H,21,22,23)/t17-/m0/s1. The van der Waals surface area contributed by atoms with Gasteiger partial charge >= 0.3 is 0 Å². The number of halogens is 1. The Labute approximate surface area is 149 Å². The van der Waals surface area contributed by atoms with Crippen LogP contribution in [0.15, 0.2) is 60.1 Å². The van der Waals surface area contributed by atoms with E-state index in [9.17, 15) is 9.18 Å². The third-order valence-electron chi connectivity index (χ3n) is 3.86. The lowest BCUT2D eigenvalue weighted by Gasteiger charge is -2.18. The molecular weight excluding hydrogens is 339 g/mol. The second-order valence-corrected chi connectivity index (χ2v) is 6.36. The van der Waals surface area contributed by atoms with Crippen LogP contribution in [0.2, 0.25) is 0 Å². The van der Waals surface area contributed by atoms with Crippen molar-refractivity contribution in [1.82, 2.24) is 4.98 Å². The van der Waals surface area contributed by atoms with Gasteiger partial charge in [0, 0.05) is 23.9 Å². The van der Waals surface area contributed by atoms with Gasteiger partial charge in [-0.05, 0) is 35.4 Å². The Hall–Kier alpha value is -2.73. The second kappa shape index (κ2) is 7.90. The van der Waals surface area contributed by atoms with Crippen LogP contribution in [0.1, 0.15) is 23.5 Å². The molecule has 128 valence electrons. The van der Waals surface area contributed by atoms with Crippen molar-refractivity contribution in [2.75, 3.05) is 12.4 Å².